The molecule has 0 unspecified atom stereocenters. The molecule has 7 heteroatoms. The zero-order valence-electron chi connectivity index (χ0n) is 15.8. The number of nitrogens with zero attached hydrogens (tertiary/aromatic N) is 2. The van der Waals surface area contributed by atoms with Crippen molar-refractivity contribution in [3.05, 3.63) is 0 Å². The van der Waals surface area contributed by atoms with Crippen molar-refractivity contribution in [3.8, 4) is 0 Å². The first kappa shape index (κ1) is 19.1. The predicted octanol–water partition coefficient (Wildman–Crippen LogP) is 1.48. The molecule has 1 heterocycles. The van der Waals surface area contributed by atoms with Gasteiger partial charge >= 0.3 is 6.03 Å². The molecule has 2 N–H and O–H groups in total. The van der Waals surface area contributed by atoms with E-state index in [4.69, 9.17) is 0 Å². The van der Waals surface area contributed by atoms with Gasteiger partial charge in [0.05, 0.1) is 6.04 Å². The Morgan fingerprint density at radius 1 is 1.00 bits per heavy atom. The first-order valence-corrected chi connectivity index (χ1v) is 10.2. The summed E-state index contributed by atoms with van der Waals surface area (Å²) in [4.78, 5) is 40.3. The zero-order chi connectivity index (χ0) is 18.5. The molecule has 1 atom stereocenters. The number of hydrogen-bond donors (Lipinski definition) is 2. The Morgan fingerprint density at radius 3 is 2.27 bits per heavy atom. The van der Waals surface area contributed by atoms with Crippen LogP contribution in [0.15, 0.2) is 0 Å². The Morgan fingerprint density at radius 2 is 1.65 bits per heavy atom. The highest BCUT2D eigenvalue weighted by Gasteiger charge is 2.30. The van der Waals surface area contributed by atoms with Crippen LogP contribution in [0.3, 0.4) is 0 Å². The van der Waals surface area contributed by atoms with E-state index in [1.54, 1.807) is 0 Å². The smallest absolute Gasteiger partial charge is 0.321 e. The van der Waals surface area contributed by atoms with E-state index in [0.29, 0.717) is 32.6 Å². The fraction of sp³-hybridized carbons (Fsp3) is 0.842. The number of amides is 4. The van der Waals surface area contributed by atoms with E-state index >= 15 is 0 Å². The Kier molecular flexibility index (Phi) is 6.51. The van der Waals surface area contributed by atoms with Gasteiger partial charge in [0.25, 0.3) is 0 Å². The summed E-state index contributed by atoms with van der Waals surface area (Å²) in [7, 11) is 0. The predicted molar refractivity (Wildman–Crippen MR) is 98.5 cm³/mol. The molecule has 0 radical (unpaired) electrons. The average molecular weight is 364 g/mol. The molecule has 3 aliphatic rings. The van der Waals surface area contributed by atoms with Gasteiger partial charge in [-0.3, -0.25) is 19.8 Å². The molecule has 4 amide bonds. The van der Waals surface area contributed by atoms with E-state index in [2.05, 4.69) is 10.6 Å². The van der Waals surface area contributed by atoms with Crippen molar-refractivity contribution in [2.24, 2.45) is 5.92 Å². The molecule has 2 aliphatic carbocycles. The van der Waals surface area contributed by atoms with E-state index in [1.165, 1.54) is 25.7 Å². The number of urea groups is 1. The fourth-order valence-corrected chi connectivity index (χ4v) is 3.97. The van der Waals surface area contributed by atoms with E-state index in [1.807, 2.05) is 16.7 Å². The summed E-state index contributed by atoms with van der Waals surface area (Å²) in [5.74, 6) is 0.715. The molecule has 2 saturated carbocycles. The van der Waals surface area contributed by atoms with Gasteiger partial charge in [-0.05, 0) is 32.1 Å². The van der Waals surface area contributed by atoms with Gasteiger partial charge in [0.15, 0.2) is 0 Å². The first-order chi connectivity index (χ1) is 12.5. The largest absolute Gasteiger partial charge is 0.340 e. The number of carbonyl (C=O) groups is 3. The summed E-state index contributed by atoms with van der Waals surface area (Å²) in [5.41, 5.74) is 0. The molecule has 26 heavy (non-hydrogen) atoms. The van der Waals surface area contributed by atoms with Crippen LogP contribution in [-0.4, -0.2) is 65.9 Å². The molecule has 0 aromatic rings. The summed E-state index contributed by atoms with van der Waals surface area (Å²) < 4.78 is 0. The number of nitrogens with one attached hydrogen (secondary N) is 2. The van der Waals surface area contributed by atoms with Crippen LogP contribution >= 0.6 is 0 Å². The van der Waals surface area contributed by atoms with Gasteiger partial charge < -0.3 is 10.2 Å². The summed E-state index contributed by atoms with van der Waals surface area (Å²) in [5, 5.41) is 5.18. The van der Waals surface area contributed by atoms with Crippen molar-refractivity contribution in [1.82, 2.24) is 20.4 Å². The monoisotopic (exact) mass is 364 g/mol. The highest BCUT2D eigenvalue weighted by molar-refractivity contribution is 5.97. The van der Waals surface area contributed by atoms with Gasteiger partial charge in [-0.2, -0.15) is 0 Å². The third-order valence-electron chi connectivity index (χ3n) is 5.98. The molecule has 146 valence electrons. The topological polar surface area (TPSA) is 81.8 Å². The van der Waals surface area contributed by atoms with Crippen molar-refractivity contribution < 1.29 is 14.4 Å². The molecule has 1 aliphatic heterocycles. The minimum atomic E-state index is -0.398. The first-order valence-electron chi connectivity index (χ1n) is 10.2. The summed E-state index contributed by atoms with van der Waals surface area (Å²) in [6.45, 7) is 4.49. The van der Waals surface area contributed by atoms with Crippen LogP contribution in [-0.2, 0) is 9.59 Å². The van der Waals surface area contributed by atoms with Gasteiger partial charge in [-0.25, -0.2) is 4.79 Å². The molecule has 7 nitrogen and oxygen atoms in total. The van der Waals surface area contributed by atoms with Crippen LogP contribution in [0.1, 0.15) is 58.3 Å². The fourth-order valence-electron chi connectivity index (χ4n) is 3.97. The van der Waals surface area contributed by atoms with Crippen LogP contribution in [0.2, 0.25) is 0 Å². The van der Waals surface area contributed by atoms with Crippen molar-refractivity contribution in [2.45, 2.75) is 70.4 Å². The van der Waals surface area contributed by atoms with Gasteiger partial charge in [-0.15, -0.1) is 0 Å². The van der Waals surface area contributed by atoms with Gasteiger partial charge in [0, 0.05) is 38.6 Å². The van der Waals surface area contributed by atoms with Crippen LogP contribution in [0, 0.1) is 5.92 Å². The van der Waals surface area contributed by atoms with Crippen molar-refractivity contribution in [2.75, 3.05) is 26.2 Å². The van der Waals surface area contributed by atoms with Crippen LogP contribution in [0.25, 0.3) is 0 Å². The quantitative estimate of drug-likeness (QED) is 0.748. The maximum absolute atomic E-state index is 12.4. The number of carbonyl (C=O) groups excluding carboxylic acids is 3. The lowest BCUT2D eigenvalue weighted by atomic mass is 10.0. The highest BCUT2D eigenvalue weighted by atomic mass is 16.2. The lowest BCUT2D eigenvalue weighted by Gasteiger charge is -2.37. The Bertz CT molecular complexity index is 521. The Balaban J connectivity index is 1.35. The summed E-state index contributed by atoms with van der Waals surface area (Å²) in [6, 6.07) is -0.530. The molecule has 0 spiro atoms. The van der Waals surface area contributed by atoms with Crippen LogP contribution in [0.5, 0.6) is 0 Å². The second kappa shape index (κ2) is 8.84. The Labute approximate surface area is 155 Å². The molecule has 3 fully saturated rings. The lowest BCUT2D eigenvalue weighted by molar-refractivity contribution is -0.134. The third kappa shape index (κ3) is 5.43. The summed E-state index contributed by atoms with van der Waals surface area (Å²) >= 11 is 0. The zero-order valence-corrected chi connectivity index (χ0v) is 15.8. The van der Waals surface area contributed by atoms with Crippen molar-refractivity contribution in [1.29, 1.82) is 0 Å². The van der Waals surface area contributed by atoms with E-state index < -0.39 is 6.03 Å². The maximum atomic E-state index is 12.4. The average Bonchev–Trinajstić information content (AvgIpc) is 3.29. The normalized spacial score (nSPS) is 22.9. The number of piperazine rings is 1. The van der Waals surface area contributed by atoms with Crippen LogP contribution < -0.4 is 10.6 Å². The van der Waals surface area contributed by atoms with E-state index in [0.717, 1.165) is 25.2 Å². The standard InChI is InChI=1S/C19H32N4O3/c1-14(18(25)21-19(26)20-16-7-8-16)22-10-12-23(13-11-22)17(24)9-6-15-4-2-3-5-15/h14-16H,2-13H2,1H3,(H2,20,21,25,26)/t14-/m0/s1. The molecular weight excluding hydrogens is 332 g/mol. The second-order valence-corrected chi connectivity index (χ2v) is 8.02. The SMILES string of the molecule is C[C@@H](C(=O)NC(=O)NC1CC1)N1CCN(C(=O)CCC2CCCC2)CC1. The molecule has 0 aromatic heterocycles. The van der Waals surface area contributed by atoms with Crippen LogP contribution in [0.4, 0.5) is 4.79 Å². The lowest BCUT2D eigenvalue weighted by Crippen LogP contribution is -2.56. The molecule has 0 bridgehead atoms. The molecular formula is C19H32N4O3. The van der Waals surface area contributed by atoms with Gasteiger partial charge in [-0.1, -0.05) is 25.7 Å². The van der Waals surface area contributed by atoms with E-state index in [9.17, 15) is 14.4 Å². The van der Waals surface area contributed by atoms with Crippen molar-refractivity contribution in [3.63, 3.8) is 0 Å². The highest BCUT2D eigenvalue weighted by Crippen LogP contribution is 2.28. The molecule has 3 rings (SSSR count). The third-order valence-corrected chi connectivity index (χ3v) is 5.98. The van der Waals surface area contributed by atoms with Gasteiger partial charge in [0.1, 0.15) is 0 Å². The minimum absolute atomic E-state index is 0.233. The number of imide groups is 1. The second-order valence-electron chi connectivity index (χ2n) is 8.02. The summed E-state index contributed by atoms with van der Waals surface area (Å²) in [6.07, 6.45) is 8.86. The van der Waals surface area contributed by atoms with Gasteiger partial charge in [0.2, 0.25) is 11.8 Å². The number of rotatable bonds is 6. The number of hydrogen-bond acceptors (Lipinski definition) is 4. The maximum Gasteiger partial charge on any atom is 0.321 e. The molecule has 1 saturated heterocycles. The van der Waals surface area contributed by atoms with Crippen molar-refractivity contribution >= 4 is 17.8 Å². The minimum Gasteiger partial charge on any atom is -0.340 e. The Hall–Kier alpha value is -1.63. The molecule has 0 aromatic carbocycles. The van der Waals surface area contributed by atoms with E-state index in [-0.39, 0.29) is 23.9 Å².